The van der Waals surface area contributed by atoms with Gasteiger partial charge in [0.1, 0.15) is 0 Å². The van der Waals surface area contributed by atoms with Crippen molar-refractivity contribution < 1.29 is 0 Å². The van der Waals surface area contributed by atoms with E-state index in [1.165, 1.54) is 5.56 Å². The molecule has 1 aromatic rings. The van der Waals surface area contributed by atoms with Crippen molar-refractivity contribution in [3.63, 3.8) is 0 Å². The van der Waals surface area contributed by atoms with Crippen LogP contribution in [0.1, 0.15) is 5.56 Å². The van der Waals surface area contributed by atoms with Gasteiger partial charge in [0.15, 0.2) is 0 Å². The zero-order valence-electron chi connectivity index (χ0n) is 6.36. The Kier molecular flexibility index (Phi) is 3.84. The van der Waals surface area contributed by atoms with E-state index in [0.29, 0.717) is 5.75 Å². The fourth-order valence-corrected chi connectivity index (χ4v) is 1.04. The molecule has 0 unspecified atom stereocenters. The maximum Gasteiger partial charge on any atom is 0.0218 e. The van der Waals surface area contributed by atoms with Gasteiger partial charge in [-0.1, -0.05) is 55.1 Å². The van der Waals surface area contributed by atoms with Crippen molar-refractivity contribution >= 4 is 12.6 Å². The largest absolute Gasteiger partial charge is 0.0897 e. The highest BCUT2D eigenvalue weighted by atomic mass is 32.1. The van der Waals surface area contributed by atoms with Crippen LogP contribution >= 0.6 is 12.6 Å². The van der Waals surface area contributed by atoms with Gasteiger partial charge in [-0.2, -0.15) is 0 Å². The van der Waals surface area contributed by atoms with E-state index in [2.05, 4.69) is 30.3 Å². The molecule has 1 aromatic carbocycles. The summed E-state index contributed by atoms with van der Waals surface area (Å²) in [5.74, 6) is 0.715. The molecule has 0 nitrogen and oxygen atoms in total. The van der Waals surface area contributed by atoms with Crippen molar-refractivity contribution in [3.05, 3.63) is 48.0 Å². The standard InChI is InChI=1S/C10H11S/c11-9-5-4-8-10-6-2-1-3-7-10/h1-7H,8-9H2/b5-4+. The second kappa shape index (κ2) is 5.03. The summed E-state index contributed by atoms with van der Waals surface area (Å²) in [6.07, 6.45) is 5.13. The number of hydrogen-bond donors (Lipinski definition) is 0. The third-order valence-electron chi connectivity index (χ3n) is 1.46. The van der Waals surface area contributed by atoms with Gasteiger partial charge in [0.05, 0.1) is 0 Å². The second-order valence-corrected chi connectivity index (χ2v) is 2.66. The molecule has 0 aromatic heterocycles. The molecular weight excluding hydrogens is 152 g/mol. The van der Waals surface area contributed by atoms with E-state index in [4.69, 9.17) is 12.6 Å². The first-order chi connectivity index (χ1) is 5.43. The van der Waals surface area contributed by atoms with Crippen LogP contribution in [0.2, 0.25) is 0 Å². The quantitative estimate of drug-likeness (QED) is 0.601. The van der Waals surface area contributed by atoms with E-state index in [1.807, 2.05) is 12.1 Å². The Morgan fingerprint density at radius 3 is 2.45 bits per heavy atom. The van der Waals surface area contributed by atoms with Gasteiger partial charge in [-0.3, -0.25) is 0 Å². The molecule has 0 heterocycles. The number of benzene rings is 1. The van der Waals surface area contributed by atoms with E-state index >= 15 is 0 Å². The van der Waals surface area contributed by atoms with E-state index in [9.17, 15) is 0 Å². The van der Waals surface area contributed by atoms with Crippen LogP contribution in [0.25, 0.3) is 0 Å². The van der Waals surface area contributed by atoms with Crippen LogP contribution in [0.4, 0.5) is 0 Å². The molecule has 0 fully saturated rings. The molecule has 0 N–H and O–H groups in total. The summed E-state index contributed by atoms with van der Waals surface area (Å²) in [5, 5.41) is 0. The van der Waals surface area contributed by atoms with Gasteiger partial charge in [0.25, 0.3) is 0 Å². The summed E-state index contributed by atoms with van der Waals surface area (Å²) in [7, 11) is 0. The van der Waals surface area contributed by atoms with E-state index in [-0.39, 0.29) is 0 Å². The van der Waals surface area contributed by atoms with Crippen LogP contribution < -0.4 is 0 Å². The maximum absolute atomic E-state index is 4.78. The van der Waals surface area contributed by atoms with Crippen molar-refractivity contribution in [1.82, 2.24) is 0 Å². The lowest BCUT2D eigenvalue weighted by molar-refractivity contribution is 1.26. The predicted octanol–water partition coefficient (Wildman–Crippen LogP) is 2.98. The lowest BCUT2D eigenvalue weighted by atomic mass is 10.1. The smallest absolute Gasteiger partial charge is 0.0218 e. The van der Waals surface area contributed by atoms with Gasteiger partial charge in [0, 0.05) is 5.75 Å². The first-order valence-corrected chi connectivity index (χ1v) is 4.28. The van der Waals surface area contributed by atoms with Gasteiger partial charge in [-0.25, -0.2) is 0 Å². The Labute approximate surface area is 73.4 Å². The average Bonchev–Trinajstić information content (AvgIpc) is 2.07. The third kappa shape index (κ3) is 3.28. The minimum absolute atomic E-state index is 0.715. The summed E-state index contributed by atoms with van der Waals surface area (Å²) < 4.78 is 0. The molecule has 0 saturated carbocycles. The third-order valence-corrected chi connectivity index (χ3v) is 1.65. The highest BCUT2D eigenvalue weighted by molar-refractivity contribution is 7.80. The van der Waals surface area contributed by atoms with Crippen molar-refractivity contribution in [3.8, 4) is 0 Å². The SMILES string of the molecule is [S]C/C=C/Cc1ccccc1. The Balaban J connectivity index is 2.45. The molecule has 0 saturated heterocycles. The summed E-state index contributed by atoms with van der Waals surface area (Å²) in [6, 6.07) is 10.4. The van der Waals surface area contributed by atoms with Gasteiger partial charge < -0.3 is 0 Å². The maximum atomic E-state index is 4.78. The Morgan fingerprint density at radius 1 is 1.09 bits per heavy atom. The van der Waals surface area contributed by atoms with E-state index < -0.39 is 0 Å². The predicted molar refractivity (Wildman–Crippen MR) is 51.7 cm³/mol. The molecule has 0 bridgehead atoms. The molecule has 0 amide bonds. The molecule has 57 valence electrons. The van der Waals surface area contributed by atoms with Gasteiger partial charge >= 0.3 is 0 Å². The highest BCUT2D eigenvalue weighted by Crippen LogP contribution is 1.99. The number of allylic oxidation sites excluding steroid dienone is 1. The summed E-state index contributed by atoms with van der Waals surface area (Å²) in [4.78, 5) is 0. The van der Waals surface area contributed by atoms with Gasteiger partial charge in [0.2, 0.25) is 0 Å². The fourth-order valence-electron chi connectivity index (χ4n) is 0.902. The van der Waals surface area contributed by atoms with E-state index in [1.54, 1.807) is 0 Å². The minimum atomic E-state index is 0.715. The molecule has 1 heteroatoms. The van der Waals surface area contributed by atoms with Crippen molar-refractivity contribution in [1.29, 1.82) is 0 Å². The summed E-state index contributed by atoms with van der Waals surface area (Å²) in [5.41, 5.74) is 1.34. The minimum Gasteiger partial charge on any atom is -0.0897 e. The molecule has 0 aliphatic carbocycles. The lowest BCUT2D eigenvalue weighted by Crippen LogP contribution is -1.78. The molecule has 0 spiro atoms. The van der Waals surface area contributed by atoms with Crippen LogP contribution in [0.3, 0.4) is 0 Å². The molecule has 1 rings (SSSR count). The molecular formula is C10H11S. The van der Waals surface area contributed by atoms with Crippen LogP contribution in [0.5, 0.6) is 0 Å². The molecule has 11 heavy (non-hydrogen) atoms. The monoisotopic (exact) mass is 163 g/mol. The summed E-state index contributed by atoms with van der Waals surface area (Å²) in [6.45, 7) is 0. The first kappa shape index (κ1) is 8.41. The van der Waals surface area contributed by atoms with Crippen molar-refractivity contribution in [2.24, 2.45) is 0 Å². The zero-order chi connectivity index (χ0) is 7.94. The molecule has 0 atom stereocenters. The average molecular weight is 163 g/mol. The van der Waals surface area contributed by atoms with Gasteiger partial charge in [-0.05, 0) is 12.0 Å². The van der Waals surface area contributed by atoms with Crippen molar-refractivity contribution in [2.75, 3.05) is 5.75 Å². The lowest BCUT2D eigenvalue weighted by Gasteiger charge is -1.92. The molecule has 1 radical (unpaired) electrons. The fraction of sp³-hybridized carbons (Fsp3) is 0.200. The normalized spacial score (nSPS) is 10.6. The van der Waals surface area contributed by atoms with Gasteiger partial charge in [-0.15, -0.1) is 0 Å². The van der Waals surface area contributed by atoms with E-state index in [0.717, 1.165) is 6.42 Å². The Bertz CT molecular complexity index is 214. The number of hydrogen-bond acceptors (Lipinski definition) is 0. The highest BCUT2D eigenvalue weighted by Gasteiger charge is 1.83. The second-order valence-electron chi connectivity index (χ2n) is 2.33. The molecule has 0 aliphatic heterocycles. The van der Waals surface area contributed by atoms with Crippen LogP contribution in [-0.4, -0.2) is 5.75 Å². The Morgan fingerprint density at radius 2 is 1.82 bits per heavy atom. The topological polar surface area (TPSA) is 0 Å². The van der Waals surface area contributed by atoms with Crippen LogP contribution in [0.15, 0.2) is 42.5 Å². The van der Waals surface area contributed by atoms with Crippen LogP contribution in [-0.2, 0) is 6.42 Å². The van der Waals surface area contributed by atoms with Crippen molar-refractivity contribution in [2.45, 2.75) is 6.42 Å². The number of rotatable bonds is 3. The summed E-state index contributed by atoms with van der Waals surface area (Å²) >= 11 is 4.78. The first-order valence-electron chi connectivity index (χ1n) is 3.70. The molecule has 0 aliphatic rings. The van der Waals surface area contributed by atoms with Crippen LogP contribution in [0, 0.1) is 0 Å². The zero-order valence-corrected chi connectivity index (χ0v) is 7.18. The Hall–Kier alpha value is -0.690.